The minimum absolute atomic E-state index is 0.458. The van der Waals surface area contributed by atoms with Gasteiger partial charge in [-0.3, -0.25) is 4.79 Å². The summed E-state index contributed by atoms with van der Waals surface area (Å²) in [5, 5.41) is 8.38. The first-order chi connectivity index (χ1) is 6.29. The normalized spacial score (nSPS) is 14.4. The van der Waals surface area contributed by atoms with Crippen molar-refractivity contribution in [1.29, 1.82) is 0 Å². The second-order valence-electron chi connectivity index (χ2n) is 3.19. The zero-order valence-electron chi connectivity index (χ0n) is 8.14. The van der Waals surface area contributed by atoms with Gasteiger partial charge in [0.1, 0.15) is 0 Å². The molecule has 3 nitrogen and oxygen atoms in total. The lowest BCUT2D eigenvalue weighted by molar-refractivity contribution is -0.196. The predicted molar refractivity (Wildman–Crippen MR) is 45.0 cm³/mol. The van der Waals surface area contributed by atoms with E-state index in [9.17, 15) is 18.0 Å². The topological polar surface area (TPSA) is 40.5 Å². The molecule has 14 heavy (non-hydrogen) atoms. The van der Waals surface area contributed by atoms with E-state index < -0.39 is 24.6 Å². The third-order valence-corrected chi connectivity index (χ3v) is 1.79. The highest BCUT2D eigenvalue weighted by atomic mass is 19.4. The van der Waals surface area contributed by atoms with Gasteiger partial charge in [-0.25, -0.2) is 0 Å². The highest BCUT2D eigenvalue weighted by molar-refractivity contribution is 5.71. The van der Waals surface area contributed by atoms with Crippen molar-refractivity contribution < 1.29 is 23.1 Å². The number of alkyl halides is 3. The van der Waals surface area contributed by atoms with Crippen LogP contribution >= 0.6 is 0 Å². The number of nitrogens with zero attached hydrogens (tertiary/aromatic N) is 1. The molecule has 6 heteroatoms. The summed E-state index contributed by atoms with van der Waals surface area (Å²) in [4.78, 5) is 11.7. The quantitative estimate of drug-likeness (QED) is 0.754. The summed E-state index contributed by atoms with van der Waals surface area (Å²) < 4.78 is 36.5. The van der Waals surface area contributed by atoms with E-state index in [-0.39, 0.29) is 0 Å². The van der Waals surface area contributed by atoms with Crippen molar-refractivity contribution in [2.45, 2.75) is 19.5 Å². The minimum atomic E-state index is -4.67. The Morgan fingerprint density at radius 3 is 2.29 bits per heavy atom. The zero-order chi connectivity index (χ0) is 11.4. The molecule has 0 amide bonds. The standard InChI is InChI=1S/C8H14F3NO2/c1-3-4-12(2)5-6(7(13)14)8(9,10)11/h6H,3-5H2,1-2H3,(H,13,14). The Labute approximate surface area is 80.5 Å². The molecule has 1 unspecified atom stereocenters. The fourth-order valence-corrected chi connectivity index (χ4v) is 1.11. The van der Waals surface area contributed by atoms with Gasteiger partial charge in [-0.2, -0.15) is 13.2 Å². The van der Waals surface area contributed by atoms with Gasteiger partial charge in [0, 0.05) is 6.54 Å². The van der Waals surface area contributed by atoms with Crippen LogP contribution in [0.4, 0.5) is 13.2 Å². The van der Waals surface area contributed by atoms with Crippen LogP contribution in [-0.4, -0.2) is 42.3 Å². The fraction of sp³-hybridized carbons (Fsp3) is 0.875. The number of hydrogen-bond acceptors (Lipinski definition) is 2. The van der Waals surface area contributed by atoms with Crippen LogP contribution in [0.2, 0.25) is 0 Å². The highest BCUT2D eigenvalue weighted by Gasteiger charge is 2.45. The number of carboxylic acids is 1. The summed E-state index contributed by atoms with van der Waals surface area (Å²) in [6.07, 6.45) is -3.98. The van der Waals surface area contributed by atoms with Crippen LogP contribution in [0, 0.1) is 5.92 Å². The Balaban J connectivity index is 4.32. The second kappa shape index (κ2) is 5.19. The first-order valence-electron chi connectivity index (χ1n) is 4.27. The van der Waals surface area contributed by atoms with E-state index in [1.165, 1.54) is 11.9 Å². The summed E-state index contributed by atoms with van der Waals surface area (Å²) >= 11 is 0. The van der Waals surface area contributed by atoms with E-state index >= 15 is 0 Å². The van der Waals surface area contributed by atoms with E-state index in [4.69, 9.17) is 5.11 Å². The summed E-state index contributed by atoms with van der Waals surface area (Å²) in [6.45, 7) is 1.78. The van der Waals surface area contributed by atoms with E-state index in [1.54, 1.807) is 0 Å². The molecule has 0 radical (unpaired) electrons. The summed E-state index contributed by atoms with van der Waals surface area (Å²) in [5.74, 6) is -4.11. The summed E-state index contributed by atoms with van der Waals surface area (Å²) in [6, 6.07) is 0. The number of halogens is 3. The third kappa shape index (κ3) is 4.45. The van der Waals surface area contributed by atoms with Crippen LogP contribution in [0.1, 0.15) is 13.3 Å². The maximum Gasteiger partial charge on any atom is 0.403 e. The Morgan fingerprint density at radius 1 is 1.50 bits per heavy atom. The molecule has 0 aliphatic heterocycles. The molecule has 0 saturated carbocycles. The molecule has 84 valence electrons. The molecule has 0 aliphatic rings. The third-order valence-electron chi connectivity index (χ3n) is 1.79. The van der Waals surface area contributed by atoms with Crippen molar-refractivity contribution in [3.63, 3.8) is 0 Å². The molecular weight excluding hydrogens is 199 g/mol. The van der Waals surface area contributed by atoms with Gasteiger partial charge in [-0.1, -0.05) is 6.92 Å². The lowest BCUT2D eigenvalue weighted by Crippen LogP contribution is -2.40. The molecule has 0 bridgehead atoms. The number of carboxylic acid groups (broad SMARTS) is 1. The van der Waals surface area contributed by atoms with Crippen molar-refractivity contribution in [2.75, 3.05) is 20.1 Å². The Morgan fingerprint density at radius 2 is 2.00 bits per heavy atom. The van der Waals surface area contributed by atoms with Gasteiger partial charge in [0.05, 0.1) is 0 Å². The number of rotatable bonds is 5. The Kier molecular flexibility index (Phi) is 4.90. The van der Waals surface area contributed by atoms with Crippen LogP contribution in [0.3, 0.4) is 0 Å². The second-order valence-corrected chi connectivity index (χ2v) is 3.19. The van der Waals surface area contributed by atoms with Crippen molar-refractivity contribution in [2.24, 2.45) is 5.92 Å². The van der Waals surface area contributed by atoms with E-state index in [2.05, 4.69) is 0 Å². The SMILES string of the molecule is CCCN(C)CC(C(=O)O)C(F)(F)F. The van der Waals surface area contributed by atoms with Crippen LogP contribution in [0.25, 0.3) is 0 Å². The maximum absolute atomic E-state index is 12.2. The lowest BCUT2D eigenvalue weighted by atomic mass is 10.1. The molecule has 1 atom stereocenters. The van der Waals surface area contributed by atoms with E-state index in [0.717, 1.165) is 0 Å². The van der Waals surface area contributed by atoms with E-state index in [1.807, 2.05) is 6.92 Å². The average Bonchev–Trinajstić information content (AvgIpc) is 1.98. The van der Waals surface area contributed by atoms with Crippen LogP contribution in [0.5, 0.6) is 0 Å². The van der Waals surface area contributed by atoms with Gasteiger partial charge in [-0.05, 0) is 20.0 Å². The summed E-state index contributed by atoms with van der Waals surface area (Å²) in [5.41, 5.74) is 0. The van der Waals surface area contributed by atoms with Crippen molar-refractivity contribution in [3.8, 4) is 0 Å². The van der Waals surface area contributed by atoms with Crippen LogP contribution in [-0.2, 0) is 4.79 Å². The Hall–Kier alpha value is -0.780. The molecular formula is C8H14F3NO2. The van der Waals surface area contributed by atoms with Gasteiger partial charge < -0.3 is 10.0 Å². The number of aliphatic carboxylic acids is 1. The summed E-state index contributed by atoms with van der Waals surface area (Å²) in [7, 11) is 1.48. The molecule has 0 saturated heterocycles. The monoisotopic (exact) mass is 213 g/mol. The van der Waals surface area contributed by atoms with Gasteiger partial charge >= 0.3 is 12.1 Å². The van der Waals surface area contributed by atoms with E-state index in [0.29, 0.717) is 13.0 Å². The first kappa shape index (κ1) is 13.2. The molecule has 0 spiro atoms. The van der Waals surface area contributed by atoms with Crippen LogP contribution < -0.4 is 0 Å². The highest BCUT2D eigenvalue weighted by Crippen LogP contribution is 2.26. The Bertz CT molecular complexity index is 194. The molecule has 0 aromatic heterocycles. The van der Waals surface area contributed by atoms with Crippen molar-refractivity contribution >= 4 is 5.97 Å². The molecule has 0 rings (SSSR count). The minimum Gasteiger partial charge on any atom is -0.481 e. The van der Waals surface area contributed by atoms with Gasteiger partial charge in [-0.15, -0.1) is 0 Å². The molecule has 0 aromatic carbocycles. The maximum atomic E-state index is 12.2. The zero-order valence-corrected chi connectivity index (χ0v) is 8.14. The largest absolute Gasteiger partial charge is 0.481 e. The molecule has 1 N–H and O–H groups in total. The first-order valence-corrected chi connectivity index (χ1v) is 4.27. The lowest BCUT2D eigenvalue weighted by Gasteiger charge is -2.22. The van der Waals surface area contributed by atoms with Crippen molar-refractivity contribution in [3.05, 3.63) is 0 Å². The molecule has 0 aliphatic carbocycles. The average molecular weight is 213 g/mol. The number of hydrogen-bond donors (Lipinski definition) is 1. The van der Waals surface area contributed by atoms with Gasteiger partial charge in [0.15, 0.2) is 5.92 Å². The molecule has 0 aromatic rings. The molecule has 0 fully saturated rings. The van der Waals surface area contributed by atoms with Crippen LogP contribution in [0.15, 0.2) is 0 Å². The van der Waals surface area contributed by atoms with Crippen molar-refractivity contribution in [1.82, 2.24) is 4.90 Å². The smallest absolute Gasteiger partial charge is 0.403 e. The molecule has 0 heterocycles. The number of carbonyl (C=O) groups is 1. The van der Waals surface area contributed by atoms with Gasteiger partial charge in [0.25, 0.3) is 0 Å². The predicted octanol–water partition coefficient (Wildman–Crippen LogP) is 1.59. The fourth-order valence-electron chi connectivity index (χ4n) is 1.11. The van der Waals surface area contributed by atoms with Gasteiger partial charge in [0.2, 0.25) is 0 Å².